The Bertz CT molecular complexity index is 822. The molecule has 118 valence electrons. The minimum Gasteiger partial charge on any atom is -0.351 e. The van der Waals surface area contributed by atoms with Crippen molar-refractivity contribution in [1.29, 1.82) is 0 Å². The molecule has 0 fully saturated rings. The molecule has 2 N–H and O–H groups in total. The van der Waals surface area contributed by atoms with Crippen LogP contribution in [0, 0.1) is 10.1 Å². The third-order valence-corrected chi connectivity index (χ3v) is 4.35. The first-order chi connectivity index (χ1) is 11.1. The number of amides is 1. The molecule has 0 bridgehead atoms. The van der Waals surface area contributed by atoms with E-state index in [2.05, 4.69) is 15.3 Å². The van der Waals surface area contributed by atoms with E-state index in [4.69, 9.17) is 0 Å². The number of carbonyl (C=O) groups excluding carboxylic acids is 1. The zero-order chi connectivity index (χ0) is 16.2. The van der Waals surface area contributed by atoms with Crippen molar-refractivity contribution in [3.63, 3.8) is 0 Å². The maximum absolute atomic E-state index is 11.9. The minimum absolute atomic E-state index is 0.0302. The minimum atomic E-state index is -0.497. The third kappa shape index (κ3) is 3.54. The van der Waals surface area contributed by atoms with Crippen LogP contribution in [0.4, 0.5) is 5.00 Å². The van der Waals surface area contributed by atoms with Crippen LogP contribution in [0.1, 0.15) is 21.9 Å². The summed E-state index contributed by atoms with van der Waals surface area (Å²) < 4.78 is 0. The van der Waals surface area contributed by atoms with E-state index >= 15 is 0 Å². The number of nitro groups is 1. The molecule has 2 heterocycles. The van der Waals surface area contributed by atoms with Crippen LogP contribution >= 0.6 is 11.3 Å². The second-order valence-corrected chi connectivity index (χ2v) is 6.02. The Hall–Kier alpha value is -2.74. The fraction of sp³-hybridized carbons (Fsp3) is 0.200. The highest BCUT2D eigenvalue weighted by Gasteiger charge is 2.14. The van der Waals surface area contributed by atoms with E-state index in [1.54, 1.807) is 0 Å². The average Bonchev–Trinajstić information content (AvgIpc) is 3.17. The molecule has 1 aromatic carbocycles. The van der Waals surface area contributed by atoms with Gasteiger partial charge in [0, 0.05) is 19.0 Å². The number of aromatic nitrogens is 2. The summed E-state index contributed by atoms with van der Waals surface area (Å²) >= 11 is 0.877. The number of fused-ring (bicyclic) bond motifs is 1. The van der Waals surface area contributed by atoms with E-state index in [1.807, 2.05) is 24.3 Å². The van der Waals surface area contributed by atoms with Crippen LogP contribution in [-0.2, 0) is 6.42 Å². The van der Waals surface area contributed by atoms with Crippen LogP contribution in [-0.4, -0.2) is 27.3 Å². The van der Waals surface area contributed by atoms with Crippen molar-refractivity contribution in [2.24, 2.45) is 0 Å². The summed E-state index contributed by atoms with van der Waals surface area (Å²) in [4.78, 5) is 30.0. The van der Waals surface area contributed by atoms with Crippen molar-refractivity contribution >= 4 is 33.3 Å². The fourth-order valence-corrected chi connectivity index (χ4v) is 2.95. The number of nitrogens with zero attached hydrogens (tertiary/aromatic N) is 2. The first-order valence-electron chi connectivity index (χ1n) is 7.09. The van der Waals surface area contributed by atoms with Crippen LogP contribution in [0.3, 0.4) is 0 Å². The molecule has 0 spiro atoms. The van der Waals surface area contributed by atoms with Gasteiger partial charge in [-0.1, -0.05) is 23.5 Å². The standard InChI is InChI=1S/C15H14N4O3S/c20-15(12-7-8-14(23-12)19(21)22)16-9-3-6-13-17-10-4-1-2-5-11(10)18-13/h1-2,4-5,7-8H,3,6,9H2,(H,16,20)(H,17,18). The molecule has 0 atom stereocenters. The van der Waals surface area contributed by atoms with Gasteiger partial charge in [0.2, 0.25) is 0 Å². The zero-order valence-electron chi connectivity index (χ0n) is 12.1. The number of benzene rings is 1. The molecule has 8 heteroatoms. The summed E-state index contributed by atoms with van der Waals surface area (Å²) in [5.74, 6) is 0.597. The second-order valence-electron chi connectivity index (χ2n) is 4.96. The van der Waals surface area contributed by atoms with Crippen molar-refractivity contribution in [1.82, 2.24) is 15.3 Å². The van der Waals surface area contributed by atoms with E-state index in [0.29, 0.717) is 11.4 Å². The largest absolute Gasteiger partial charge is 0.351 e. The smallest absolute Gasteiger partial charge is 0.324 e. The SMILES string of the molecule is O=C(NCCCc1nc2ccccc2[nH]1)c1ccc([N+](=O)[O-])s1. The molecule has 0 aliphatic heterocycles. The highest BCUT2D eigenvalue weighted by atomic mass is 32.1. The molecule has 0 unspecified atom stereocenters. The summed E-state index contributed by atoms with van der Waals surface area (Å²) in [6.07, 6.45) is 1.46. The van der Waals surface area contributed by atoms with Crippen LogP contribution in [0.25, 0.3) is 11.0 Å². The summed E-state index contributed by atoms with van der Waals surface area (Å²) in [6, 6.07) is 10.6. The number of carbonyl (C=O) groups is 1. The van der Waals surface area contributed by atoms with Gasteiger partial charge < -0.3 is 10.3 Å². The topological polar surface area (TPSA) is 101 Å². The molecule has 0 saturated carbocycles. The van der Waals surface area contributed by atoms with E-state index in [-0.39, 0.29) is 10.9 Å². The number of aryl methyl sites for hydroxylation is 1. The fourth-order valence-electron chi connectivity index (χ4n) is 2.22. The Morgan fingerprint density at radius 2 is 2.13 bits per heavy atom. The lowest BCUT2D eigenvalue weighted by Gasteiger charge is -2.01. The lowest BCUT2D eigenvalue weighted by molar-refractivity contribution is -0.380. The molecule has 7 nitrogen and oxygen atoms in total. The van der Waals surface area contributed by atoms with Crippen molar-refractivity contribution in [2.75, 3.05) is 6.54 Å². The van der Waals surface area contributed by atoms with Crippen molar-refractivity contribution < 1.29 is 9.72 Å². The van der Waals surface area contributed by atoms with Crippen LogP contribution in [0.2, 0.25) is 0 Å². The van der Waals surface area contributed by atoms with Gasteiger partial charge in [0.05, 0.1) is 20.8 Å². The number of H-pyrrole nitrogens is 1. The van der Waals surface area contributed by atoms with Crippen molar-refractivity contribution in [3.05, 3.63) is 57.2 Å². The van der Waals surface area contributed by atoms with Gasteiger partial charge in [0.15, 0.2) is 0 Å². The summed E-state index contributed by atoms with van der Waals surface area (Å²) in [5.41, 5.74) is 1.93. The first kappa shape index (κ1) is 15.2. The van der Waals surface area contributed by atoms with E-state index < -0.39 is 4.92 Å². The number of imidazole rings is 1. The first-order valence-corrected chi connectivity index (χ1v) is 7.91. The van der Waals surface area contributed by atoms with Gasteiger partial charge in [-0.05, 0) is 24.6 Å². The maximum atomic E-state index is 11.9. The lowest BCUT2D eigenvalue weighted by atomic mass is 10.3. The van der Waals surface area contributed by atoms with Crippen LogP contribution < -0.4 is 5.32 Å². The average molecular weight is 330 g/mol. The Labute approximate surface area is 135 Å². The molecule has 23 heavy (non-hydrogen) atoms. The second kappa shape index (κ2) is 6.57. The third-order valence-electron chi connectivity index (χ3n) is 3.31. The van der Waals surface area contributed by atoms with E-state index in [9.17, 15) is 14.9 Å². The Kier molecular flexibility index (Phi) is 4.33. The number of aromatic amines is 1. The molecular weight excluding hydrogens is 316 g/mol. The molecule has 0 aliphatic carbocycles. The van der Waals surface area contributed by atoms with E-state index in [0.717, 1.165) is 41.0 Å². The number of hydrogen-bond acceptors (Lipinski definition) is 5. The number of thiophene rings is 1. The van der Waals surface area contributed by atoms with E-state index in [1.165, 1.54) is 12.1 Å². The summed E-state index contributed by atoms with van der Waals surface area (Å²) in [6.45, 7) is 0.488. The highest BCUT2D eigenvalue weighted by Crippen LogP contribution is 2.23. The summed E-state index contributed by atoms with van der Waals surface area (Å²) in [5, 5.41) is 13.3. The van der Waals surface area contributed by atoms with Crippen molar-refractivity contribution in [2.45, 2.75) is 12.8 Å². The van der Waals surface area contributed by atoms with Crippen LogP contribution in [0.5, 0.6) is 0 Å². The van der Waals surface area contributed by atoms with Gasteiger partial charge in [-0.15, -0.1) is 0 Å². The van der Waals surface area contributed by atoms with Crippen LogP contribution in [0.15, 0.2) is 36.4 Å². The molecule has 3 rings (SSSR count). The highest BCUT2D eigenvalue weighted by molar-refractivity contribution is 7.17. The predicted octanol–water partition coefficient (Wildman–Crippen LogP) is 2.90. The molecule has 0 aliphatic rings. The Balaban J connectivity index is 1.49. The molecule has 1 amide bonds. The normalized spacial score (nSPS) is 10.8. The zero-order valence-corrected chi connectivity index (χ0v) is 12.9. The lowest BCUT2D eigenvalue weighted by Crippen LogP contribution is -2.23. The quantitative estimate of drug-likeness (QED) is 0.412. The molecule has 3 aromatic rings. The monoisotopic (exact) mass is 330 g/mol. The van der Waals surface area contributed by atoms with Gasteiger partial charge in [-0.2, -0.15) is 0 Å². The number of hydrogen-bond donors (Lipinski definition) is 2. The van der Waals surface area contributed by atoms with Gasteiger partial charge in [0.1, 0.15) is 5.82 Å². The van der Waals surface area contributed by atoms with Crippen molar-refractivity contribution in [3.8, 4) is 0 Å². The van der Waals surface area contributed by atoms with Gasteiger partial charge in [-0.3, -0.25) is 14.9 Å². The summed E-state index contributed by atoms with van der Waals surface area (Å²) in [7, 11) is 0. The number of para-hydroxylation sites is 2. The number of nitrogens with one attached hydrogen (secondary N) is 2. The Morgan fingerprint density at radius 1 is 1.30 bits per heavy atom. The molecule has 2 aromatic heterocycles. The van der Waals surface area contributed by atoms with Gasteiger partial charge in [0.25, 0.3) is 5.91 Å². The molecule has 0 radical (unpaired) electrons. The molecule has 0 saturated heterocycles. The number of rotatable bonds is 6. The van der Waals surface area contributed by atoms with Gasteiger partial charge >= 0.3 is 5.00 Å². The predicted molar refractivity (Wildman–Crippen MR) is 87.7 cm³/mol. The maximum Gasteiger partial charge on any atom is 0.324 e. The molecular formula is C15H14N4O3S. The Morgan fingerprint density at radius 3 is 2.87 bits per heavy atom. The van der Waals surface area contributed by atoms with Gasteiger partial charge in [-0.25, -0.2) is 4.98 Å².